The van der Waals surface area contributed by atoms with Crippen molar-refractivity contribution in [2.45, 2.75) is 27.2 Å². The largest absolute Gasteiger partial charge is 0.496 e. The summed E-state index contributed by atoms with van der Waals surface area (Å²) >= 11 is 0. The van der Waals surface area contributed by atoms with Gasteiger partial charge in [-0.05, 0) is 61.6 Å². The summed E-state index contributed by atoms with van der Waals surface area (Å²) in [5.74, 6) is 0.855. The molecule has 2 rings (SSSR count). The first-order valence-corrected chi connectivity index (χ1v) is 7.36. The predicted octanol–water partition coefficient (Wildman–Crippen LogP) is 2.99. The van der Waals surface area contributed by atoms with Gasteiger partial charge in [0, 0.05) is 18.9 Å². The second-order valence-corrected chi connectivity index (χ2v) is 5.38. The zero-order valence-corrected chi connectivity index (χ0v) is 13.6. The Hall–Kier alpha value is -2.36. The Balaban J connectivity index is 2.02. The Morgan fingerprint density at radius 2 is 2.05 bits per heavy atom. The lowest BCUT2D eigenvalue weighted by Crippen LogP contribution is -2.26. The van der Waals surface area contributed by atoms with Crippen LogP contribution in [0.25, 0.3) is 0 Å². The molecular formula is C18H22N2O2. The predicted molar refractivity (Wildman–Crippen MR) is 87.5 cm³/mol. The van der Waals surface area contributed by atoms with E-state index in [0.717, 1.165) is 23.3 Å². The van der Waals surface area contributed by atoms with Crippen LogP contribution in [0.2, 0.25) is 0 Å². The number of carbonyl (C=O) groups excluding carboxylic acids is 1. The molecule has 0 aliphatic rings. The summed E-state index contributed by atoms with van der Waals surface area (Å²) in [6.45, 7) is 6.80. The molecule has 0 unspecified atom stereocenters. The molecule has 0 spiro atoms. The third kappa shape index (κ3) is 3.45. The Kier molecular flexibility index (Phi) is 5.15. The van der Waals surface area contributed by atoms with E-state index >= 15 is 0 Å². The van der Waals surface area contributed by atoms with Crippen LogP contribution in [0.15, 0.2) is 30.6 Å². The highest BCUT2D eigenvalue weighted by molar-refractivity contribution is 5.93. The topological polar surface area (TPSA) is 51.2 Å². The van der Waals surface area contributed by atoms with Crippen molar-refractivity contribution < 1.29 is 9.53 Å². The molecular weight excluding hydrogens is 276 g/mol. The average molecular weight is 298 g/mol. The highest BCUT2D eigenvalue weighted by Crippen LogP contribution is 2.28. The van der Waals surface area contributed by atoms with Crippen molar-refractivity contribution in [2.24, 2.45) is 0 Å². The monoisotopic (exact) mass is 298 g/mol. The number of hydrogen-bond acceptors (Lipinski definition) is 3. The number of ether oxygens (including phenoxy) is 1. The highest BCUT2D eigenvalue weighted by atomic mass is 16.5. The van der Waals surface area contributed by atoms with Crippen LogP contribution in [0.5, 0.6) is 5.75 Å². The second kappa shape index (κ2) is 7.07. The molecule has 0 aliphatic heterocycles. The Morgan fingerprint density at radius 1 is 1.27 bits per heavy atom. The van der Waals surface area contributed by atoms with E-state index in [1.165, 1.54) is 11.1 Å². The number of amides is 1. The number of benzene rings is 1. The maximum absolute atomic E-state index is 12.0. The van der Waals surface area contributed by atoms with Crippen LogP contribution >= 0.6 is 0 Å². The average Bonchev–Trinajstić information content (AvgIpc) is 2.53. The summed E-state index contributed by atoms with van der Waals surface area (Å²) in [7, 11) is 1.70. The number of rotatable bonds is 5. The molecule has 0 aliphatic carbocycles. The maximum Gasteiger partial charge on any atom is 0.252 e. The van der Waals surface area contributed by atoms with Gasteiger partial charge in [-0.1, -0.05) is 6.07 Å². The summed E-state index contributed by atoms with van der Waals surface area (Å²) in [6, 6.07) is 5.65. The lowest BCUT2D eigenvalue weighted by molar-refractivity contribution is 0.0953. The fourth-order valence-corrected chi connectivity index (χ4v) is 2.63. The maximum atomic E-state index is 12.0. The number of methoxy groups -OCH3 is 1. The minimum absolute atomic E-state index is 0.0901. The normalized spacial score (nSPS) is 10.4. The molecule has 0 saturated carbocycles. The summed E-state index contributed by atoms with van der Waals surface area (Å²) in [6.07, 6.45) is 4.02. The summed E-state index contributed by atoms with van der Waals surface area (Å²) in [5.41, 5.74) is 5.33. The molecule has 22 heavy (non-hydrogen) atoms. The number of aromatic nitrogens is 1. The van der Waals surface area contributed by atoms with Gasteiger partial charge < -0.3 is 10.1 Å². The molecule has 1 aromatic heterocycles. The van der Waals surface area contributed by atoms with Crippen molar-refractivity contribution in [1.29, 1.82) is 0 Å². The first-order valence-electron chi connectivity index (χ1n) is 7.36. The number of hydrogen-bond donors (Lipinski definition) is 1. The van der Waals surface area contributed by atoms with Gasteiger partial charge in [-0.2, -0.15) is 0 Å². The fraction of sp³-hybridized carbons (Fsp3) is 0.333. The fourth-order valence-electron chi connectivity index (χ4n) is 2.63. The van der Waals surface area contributed by atoms with Gasteiger partial charge in [0.15, 0.2) is 0 Å². The van der Waals surface area contributed by atoms with Crippen LogP contribution in [0, 0.1) is 20.8 Å². The zero-order chi connectivity index (χ0) is 16.1. The Morgan fingerprint density at radius 3 is 2.68 bits per heavy atom. The zero-order valence-electron chi connectivity index (χ0n) is 13.6. The van der Waals surface area contributed by atoms with E-state index in [2.05, 4.69) is 30.2 Å². The first kappa shape index (κ1) is 16.0. The minimum Gasteiger partial charge on any atom is -0.496 e. The van der Waals surface area contributed by atoms with Gasteiger partial charge in [0.2, 0.25) is 0 Å². The van der Waals surface area contributed by atoms with Gasteiger partial charge >= 0.3 is 0 Å². The highest BCUT2D eigenvalue weighted by Gasteiger charge is 2.11. The van der Waals surface area contributed by atoms with Crippen molar-refractivity contribution in [3.05, 3.63) is 58.4 Å². The first-order chi connectivity index (χ1) is 10.5. The molecule has 0 fully saturated rings. The molecule has 0 saturated heterocycles. The van der Waals surface area contributed by atoms with Crippen LogP contribution < -0.4 is 10.1 Å². The molecule has 2 aromatic rings. The van der Waals surface area contributed by atoms with E-state index in [9.17, 15) is 4.79 Å². The van der Waals surface area contributed by atoms with Crippen molar-refractivity contribution >= 4 is 5.91 Å². The van der Waals surface area contributed by atoms with E-state index in [1.807, 2.05) is 6.92 Å². The lowest BCUT2D eigenvalue weighted by Gasteiger charge is -2.16. The lowest BCUT2D eigenvalue weighted by atomic mass is 9.96. The second-order valence-electron chi connectivity index (χ2n) is 5.38. The van der Waals surface area contributed by atoms with Gasteiger partial charge in [-0.3, -0.25) is 9.78 Å². The quantitative estimate of drug-likeness (QED) is 0.923. The number of pyridine rings is 1. The Bertz CT molecular complexity index is 667. The molecule has 1 heterocycles. The van der Waals surface area contributed by atoms with E-state index in [1.54, 1.807) is 31.6 Å². The summed E-state index contributed by atoms with van der Waals surface area (Å²) in [5, 5.41) is 2.93. The standard InChI is InChI=1S/C18H22N2O2/c1-12-10-15(13(2)14(3)17(12)22-4)7-9-20-18(21)16-6-5-8-19-11-16/h5-6,8,10-11H,7,9H2,1-4H3,(H,20,21). The molecule has 116 valence electrons. The molecule has 1 aromatic carbocycles. The van der Waals surface area contributed by atoms with Gasteiger partial charge in [0.05, 0.1) is 12.7 Å². The molecule has 0 bridgehead atoms. The molecule has 4 heteroatoms. The van der Waals surface area contributed by atoms with Crippen LogP contribution in [0.1, 0.15) is 32.6 Å². The van der Waals surface area contributed by atoms with Crippen molar-refractivity contribution in [3.63, 3.8) is 0 Å². The smallest absolute Gasteiger partial charge is 0.252 e. The van der Waals surface area contributed by atoms with Crippen molar-refractivity contribution in [3.8, 4) is 5.75 Å². The van der Waals surface area contributed by atoms with Gasteiger partial charge in [-0.25, -0.2) is 0 Å². The van der Waals surface area contributed by atoms with Crippen LogP contribution in [0.4, 0.5) is 0 Å². The number of nitrogens with one attached hydrogen (secondary N) is 1. The molecule has 1 amide bonds. The van der Waals surface area contributed by atoms with Gasteiger partial charge in [0.25, 0.3) is 5.91 Å². The van der Waals surface area contributed by atoms with Crippen LogP contribution in [-0.4, -0.2) is 24.5 Å². The minimum atomic E-state index is -0.0901. The number of carbonyl (C=O) groups is 1. The van der Waals surface area contributed by atoms with E-state index in [4.69, 9.17) is 4.74 Å². The van der Waals surface area contributed by atoms with E-state index < -0.39 is 0 Å². The van der Waals surface area contributed by atoms with Crippen LogP contribution in [0.3, 0.4) is 0 Å². The Labute approximate surface area is 131 Å². The third-order valence-electron chi connectivity index (χ3n) is 3.94. The molecule has 0 radical (unpaired) electrons. The number of aryl methyl sites for hydroxylation is 1. The van der Waals surface area contributed by atoms with E-state index in [0.29, 0.717) is 12.1 Å². The number of nitrogens with zero attached hydrogens (tertiary/aromatic N) is 1. The van der Waals surface area contributed by atoms with E-state index in [-0.39, 0.29) is 5.91 Å². The molecule has 1 N–H and O–H groups in total. The molecule has 4 nitrogen and oxygen atoms in total. The SMILES string of the molecule is COc1c(C)cc(CCNC(=O)c2cccnc2)c(C)c1C. The van der Waals surface area contributed by atoms with Crippen molar-refractivity contribution in [1.82, 2.24) is 10.3 Å². The van der Waals surface area contributed by atoms with Gasteiger partial charge in [-0.15, -0.1) is 0 Å². The van der Waals surface area contributed by atoms with Gasteiger partial charge in [0.1, 0.15) is 5.75 Å². The summed E-state index contributed by atoms with van der Waals surface area (Å²) in [4.78, 5) is 15.9. The molecule has 0 atom stereocenters. The van der Waals surface area contributed by atoms with Crippen molar-refractivity contribution in [2.75, 3.05) is 13.7 Å². The van der Waals surface area contributed by atoms with Crippen LogP contribution in [-0.2, 0) is 6.42 Å². The summed E-state index contributed by atoms with van der Waals surface area (Å²) < 4.78 is 5.44. The third-order valence-corrected chi connectivity index (χ3v) is 3.94.